The first-order valence-corrected chi connectivity index (χ1v) is 10.9. The van der Waals surface area contributed by atoms with E-state index in [-0.39, 0.29) is 29.1 Å². The maximum Gasteiger partial charge on any atom is 0.337 e. The molecule has 2 saturated carbocycles. The van der Waals surface area contributed by atoms with E-state index in [9.17, 15) is 24.2 Å². The van der Waals surface area contributed by atoms with Crippen LogP contribution in [-0.2, 0) is 4.79 Å². The molecule has 0 spiro atoms. The van der Waals surface area contributed by atoms with Gasteiger partial charge in [-0.05, 0) is 69.3 Å². The van der Waals surface area contributed by atoms with E-state index in [1.165, 1.54) is 0 Å². The lowest BCUT2D eigenvalue weighted by molar-refractivity contribution is -0.124. The van der Waals surface area contributed by atoms with Gasteiger partial charge in [0.2, 0.25) is 5.91 Å². The van der Waals surface area contributed by atoms with Crippen LogP contribution in [0.1, 0.15) is 82.0 Å². The molecule has 2 aliphatic rings. The standard InChI is InChI=1S/C23H32FNO4/c1-3-15-6-10-17(11-7-15)25(22(27)16-8-4-14(2)5-9-16)20-13-19(24)21(26)12-18(20)23(28)29/h12-17,26H,3-11H2,1-2H3,(H,28,29). The van der Waals surface area contributed by atoms with E-state index >= 15 is 0 Å². The topological polar surface area (TPSA) is 77.8 Å². The summed E-state index contributed by atoms with van der Waals surface area (Å²) >= 11 is 0. The maximum absolute atomic E-state index is 14.2. The van der Waals surface area contributed by atoms with E-state index in [0.717, 1.165) is 69.9 Å². The molecule has 0 heterocycles. The second-order valence-corrected chi connectivity index (χ2v) is 8.87. The molecule has 5 nitrogen and oxygen atoms in total. The minimum absolute atomic E-state index is 0.0800. The molecule has 0 aromatic heterocycles. The Bertz CT molecular complexity index is 749. The lowest BCUT2D eigenvalue weighted by Gasteiger charge is -2.40. The summed E-state index contributed by atoms with van der Waals surface area (Å²) in [5.74, 6) is -1.92. The van der Waals surface area contributed by atoms with Crippen LogP contribution >= 0.6 is 0 Å². The third-order valence-corrected chi connectivity index (χ3v) is 6.92. The van der Waals surface area contributed by atoms with Crippen LogP contribution in [0.25, 0.3) is 0 Å². The molecule has 2 aliphatic carbocycles. The van der Waals surface area contributed by atoms with Gasteiger partial charge in [-0.15, -0.1) is 0 Å². The molecule has 1 amide bonds. The Hall–Kier alpha value is -2.11. The van der Waals surface area contributed by atoms with Crippen LogP contribution in [0.2, 0.25) is 0 Å². The molecule has 6 heteroatoms. The minimum atomic E-state index is -1.27. The molecule has 2 fully saturated rings. The molecule has 29 heavy (non-hydrogen) atoms. The number of nitrogens with zero attached hydrogens (tertiary/aromatic N) is 1. The molecule has 0 bridgehead atoms. The average molecular weight is 406 g/mol. The Morgan fingerprint density at radius 1 is 1.07 bits per heavy atom. The number of amides is 1. The smallest absolute Gasteiger partial charge is 0.337 e. The second kappa shape index (κ2) is 9.14. The lowest BCUT2D eigenvalue weighted by atomic mass is 9.80. The summed E-state index contributed by atoms with van der Waals surface area (Å²) in [5.41, 5.74) is -0.143. The summed E-state index contributed by atoms with van der Waals surface area (Å²) in [6, 6.07) is 1.81. The summed E-state index contributed by atoms with van der Waals surface area (Å²) in [6.45, 7) is 4.34. The second-order valence-electron chi connectivity index (χ2n) is 8.87. The van der Waals surface area contributed by atoms with Gasteiger partial charge >= 0.3 is 5.97 Å². The third kappa shape index (κ3) is 4.73. The zero-order valence-corrected chi connectivity index (χ0v) is 17.4. The highest BCUT2D eigenvalue weighted by Crippen LogP contribution is 2.38. The number of aromatic carboxylic acids is 1. The van der Waals surface area contributed by atoms with Crippen LogP contribution < -0.4 is 4.90 Å². The molecule has 0 aliphatic heterocycles. The van der Waals surface area contributed by atoms with Crippen molar-refractivity contribution in [2.24, 2.45) is 17.8 Å². The normalized spacial score (nSPS) is 27.4. The van der Waals surface area contributed by atoms with Gasteiger partial charge in [-0.3, -0.25) is 4.79 Å². The largest absolute Gasteiger partial charge is 0.505 e. The van der Waals surface area contributed by atoms with E-state index in [1.54, 1.807) is 4.90 Å². The predicted octanol–water partition coefficient (Wildman–Crippen LogP) is 5.36. The Morgan fingerprint density at radius 2 is 1.69 bits per heavy atom. The monoisotopic (exact) mass is 405 g/mol. The zero-order valence-electron chi connectivity index (χ0n) is 17.4. The van der Waals surface area contributed by atoms with Gasteiger partial charge in [0.05, 0.1) is 11.3 Å². The van der Waals surface area contributed by atoms with Crippen LogP contribution in [0.5, 0.6) is 5.75 Å². The van der Waals surface area contributed by atoms with Crippen molar-refractivity contribution in [2.45, 2.75) is 77.7 Å². The number of halogens is 1. The SMILES string of the molecule is CCC1CCC(N(C(=O)C2CCC(C)CC2)c2cc(F)c(O)cc2C(=O)O)CC1. The number of carbonyl (C=O) groups is 2. The minimum Gasteiger partial charge on any atom is -0.505 e. The van der Waals surface area contributed by atoms with Crippen LogP contribution in [0.15, 0.2) is 12.1 Å². The molecular formula is C23H32FNO4. The number of hydrogen-bond acceptors (Lipinski definition) is 3. The van der Waals surface area contributed by atoms with E-state index < -0.39 is 17.5 Å². The van der Waals surface area contributed by atoms with Crippen molar-refractivity contribution in [2.75, 3.05) is 4.90 Å². The summed E-state index contributed by atoms with van der Waals surface area (Å²) in [5, 5.41) is 19.4. The van der Waals surface area contributed by atoms with Gasteiger partial charge in [0.1, 0.15) is 0 Å². The predicted molar refractivity (Wildman–Crippen MR) is 110 cm³/mol. The van der Waals surface area contributed by atoms with Crippen LogP contribution in [0, 0.1) is 23.6 Å². The first-order valence-electron chi connectivity index (χ1n) is 10.9. The third-order valence-electron chi connectivity index (χ3n) is 6.92. The van der Waals surface area contributed by atoms with Gasteiger partial charge in [-0.1, -0.05) is 20.3 Å². The number of carboxylic acid groups (broad SMARTS) is 1. The molecule has 160 valence electrons. The number of aromatic hydroxyl groups is 1. The Balaban J connectivity index is 1.98. The first-order chi connectivity index (χ1) is 13.8. The van der Waals surface area contributed by atoms with Crippen molar-refractivity contribution in [1.82, 2.24) is 0 Å². The summed E-state index contributed by atoms with van der Waals surface area (Å²) in [6.07, 6.45) is 8.14. The number of carboxylic acids is 1. The number of anilines is 1. The van der Waals surface area contributed by atoms with E-state index in [1.807, 2.05) is 0 Å². The number of benzene rings is 1. The molecule has 1 aromatic rings. The molecule has 0 unspecified atom stereocenters. The molecule has 1 aromatic carbocycles. The summed E-state index contributed by atoms with van der Waals surface area (Å²) in [4.78, 5) is 27.0. The van der Waals surface area contributed by atoms with Crippen LogP contribution in [0.3, 0.4) is 0 Å². The van der Waals surface area contributed by atoms with Gasteiger partial charge < -0.3 is 15.1 Å². The Kier molecular flexibility index (Phi) is 6.81. The van der Waals surface area contributed by atoms with E-state index in [2.05, 4.69) is 13.8 Å². The Morgan fingerprint density at radius 3 is 2.24 bits per heavy atom. The van der Waals surface area contributed by atoms with Crippen LogP contribution in [-0.4, -0.2) is 28.1 Å². The van der Waals surface area contributed by atoms with Crippen LogP contribution in [0.4, 0.5) is 10.1 Å². The molecule has 3 rings (SSSR count). The van der Waals surface area contributed by atoms with Gasteiger partial charge in [0, 0.05) is 18.0 Å². The number of phenolic OH excluding ortho intramolecular Hbond substituents is 1. The van der Waals surface area contributed by atoms with Gasteiger partial charge in [-0.25, -0.2) is 9.18 Å². The van der Waals surface area contributed by atoms with Gasteiger partial charge in [0.15, 0.2) is 11.6 Å². The quantitative estimate of drug-likeness (QED) is 0.691. The van der Waals surface area contributed by atoms with E-state index in [0.29, 0.717) is 11.8 Å². The highest BCUT2D eigenvalue weighted by Gasteiger charge is 2.36. The molecule has 0 radical (unpaired) electrons. The Labute approximate surface area is 171 Å². The average Bonchev–Trinajstić information content (AvgIpc) is 2.71. The molecule has 0 saturated heterocycles. The zero-order chi connectivity index (χ0) is 21.1. The van der Waals surface area contributed by atoms with Crippen molar-refractivity contribution in [3.8, 4) is 5.75 Å². The summed E-state index contributed by atoms with van der Waals surface area (Å²) < 4.78 is 14.2. The number of hydrogen-bond donors (Lipinski definition) is 2. The maximum atomic E-state index is 14.2. The van der Waals surface area contributed by atoms with Gasteiger partial charge in [0.25, 0.3) is 0 Å². The fraction of sp³-hybridized carbons (Fsp3) is 0.652. The van der Waals surface area contributed by atoms with Crippen molar-refractivity contribution >= 4 is 17.6 Å². The lowest BCUT2D eigenvalue weighted by Crippen LogP contribution is -2.46. The van der Waals surface area contributed by atoms with E-state index in [4.69, 9.17) is 0 Å². The summed E-state index contributed by atoms with van der Waals surface area (Å²) in [7, 11) is 0. The van der Waals surface area contributed by atoms with Crippen molar-refractivity contribution in [1.29, 1.82) is 0 Å². The highest BCUT2D eigenvalue weighted by atomic mass is 19.1. The van der Waals surface area contributed by atoms with Crippen molar-refractivity contribution < 1.29 is 24.2 Å². The highest BCUT2D eigenvalue weighted by molar-refractivity contribution is 6.03. The van der Waals surface area contributed by atoms with Crippen molar-refractivity contribution in [3.05, 3.63) is 23.5 Å². The van der Waals surface area contributed by atoms with Gasteiger partial charge in [-0.2, -0.15) is 0 Å². The number of carbonyl (C=O) groups excluding carboxylic acids is 1. The fourth-order valence-electron chi connectivity index (χ4n) is 4.93. The van der Waals surface area contributed by atoms with Crippen molar-refractivity contribution in [3.63, 3.8) is 0 Å². The molecular weight excluding hydrogens is 373 g/mol. The molecule has 0 atom stereocenters. The number of phenols is 1. The number of rotatable bonds is 5. The first kappa shape index (κ1) is 21.6. The molecule has 2 N–H and O–H groups in total. The fourth-order valence-corrected chi connectivity index (χ4v) is 4.93.